The third kappa shape index (κ3) is 15.2. The van der Waals surface area contributed by atoms with Gasteiger partial charge in [-0.2, -0.15) is 0 Å². The fourth-order valence-electron chi connectivity index (χ4n) is 5.58. The molecular formula is C33H62O14. The van der Waals surface area contributed by atoms with E-state index >= 15 is 0 Å². The van der Waals surface area contributed by atoms with Crippen LogP contribution in [0.2, 0.25) is 0 Å². The Morgan fingerprint density at radius 2 is 1.13 bits per heavy atom. The van der Waals surface area contributed by atoms with E-state index in [2.05, 4.69) is 13.8 Å². The van der Waals surface area contributed by atoms with Gasteiger partial charge in [0.15, 0.2) is 12.6 Å². The highest BCUT2D eigenvalue weighted by Crippen LogP contribution is 2.26. The SMILES string of the molecule is CCCCCCCCCC(=O)OC(COCCCCCCCC)COC1OC(COC2OC(CO)C(O)C(O)C2O)C(O)C(O)C1O. The molecule has 2 aliphatic rings. The van der Waals surface area contributed by atoms with E-state index in [1.165, 1.54) is 38.5 Å². The summed E-state index contributed by atoms with van der Waals surface area (Å²) < 4.78 is 33.7. The smallest absolute Gasteiger partial charge is 0.306 e. The fraction of sp³-hybridized carbons (Fsp3) is 0.970. The Hall–Kier alpha value is -1.01. The monoisotopic (exact) mass is 682 g/mol. The Bertz CT molecular complexity index is 803. The first-order chi connectivity index (χ1) is 22.6. The number of unbranched alkanes of at least 4 members (excludes halogenated alkanes) is 11. The van der Waals surface area contributed by atoms with Crippen molar-refractivity contribution in [2.45, 2.75) is 171 Å². The molecule has 14 heteroatoms. The number of carbonyl (C=O) groups excluding carboxylic acids is 1. The van der Waals surface area contributed by atoms with Gasteiger partial charge in [-0.3, -0.25) is 4.79 Å². The van der Waals surface area contributed by atoms with E-state index in [4.69, 9.17) is 28.4 Å². The lowest BCUT2D eigenvalue weighted by Crippen LogP contribution is -2.61. The van der Waals surface area contributed by atoms with Crippen molar-refractivity contribution in [1.29, 1.82) is 0 Å². The van der Waals surface area contributed by atoms with Gasteiger partial charge in [0.05, 0.1) is 26.4 Å². The van der Waals surface area contributed by atoms with E-state index in [1.807, 2.05) is 0 Å². The number of hydrogen-bond donors (Lipinski definition) is 7. The van der Waals surface area contributed by atoms with Crippen LogP contribution in [0.1, 0.15) is 104 Å². The molecule has 2 aliphatic heterocycles. The molecule has 11 unspecified atom stereocenters. The molecular weight excluding hydrogens is 620 g/mol. The van der Waals surface area contributed by atoms with E-state index in [0.717, 1.165) is 38.5 Å². The molecule has 7 N–H and O–H groups in total. The predicted molar refractivity (Wildman–Crippen MR) is 169 cm³/mol. The standard InChI is InChI=1S/C33H62O14/c1-3-5-7-9-11-12-14-16-25(35)45-22(19-42-17-15-13-10-8-6-4-2)20-43-32-31(41)29(39)27(37)24(47-32)21-44-33-30(40)28(38)26(36)23(18-34)46-33/h22-24,26-34,36-41H,3-21H2,1-2H3. The largest absolute Gasteiger partial charge is 0.457 e. The average molecular weight is 683 g/mol. The summed E-state index contributed by atoms with van der Waals surface area (Å²) in [6, 6.07) is 0. The minimum absolute atomic E-state index is 0.0648. The maximum absolute atomic E-state index is 12.7. The average Bonchev–Trinajstić information content (AvgIpc) is 3.06. The second kappa shape index (κ2) is 24.2. The number of aliphatic hydroxyl groups is 7. The van der Waals surface area contributed by atoms with Crippen molar-refractivity contribution in [3.8, 4) is 0 Å². The molecule has 2 saturated heterocycles. The second-order valence-electron chi connectivity index (χ2n) is 12.7. The zero-order valence-corrected chi connectivity index (χ0v) is 28.3. The normalized spacial score (nSPS) is 31.9. The van der Waals surface area contributed by atoms with E-state index in [0.29, 0.717) is 13.0 Å². The molecule has 0 amide bonds. The van der Waals surface area contributed by atoms with Crippen molar-refractivity contribution in [2.75, 3.05) is 33.0 Å². The Morgan fingerprint density at radius 1 is 0.617 bits per heavy atom. The summed E-state index contributed by atoms with van der Waals surface area (Å²) in [7, 11) is 0. The van der Waals surface area contributed by atoms with Gasteiger partial charge in [-0.1, -0.05) is 84.5 Å². The number of aliphatic hydroxyl groups excluding tert-OH is 7. The first kappa shape index (κ1) is 42.2. The van der Waals surface area contributed by atoms with Gasteiger partial charge in [0.25, 0.3) is 0 Å². The number of carbonyl (C=O) groups is 1. The van der Waals surface area contributed by atoms with Crippen LogP contribution in [-0.4, -0.2) is 142 Å². The van der Waals surface area contributed by atoms with Crippen molar-refractivity contribution in [1.82, 2.24) is 0 Å². The minimum Gasteiger partial charge on any atom is -0.457 e. The molecule has 0 spiro atoms. The molecule has 2 rings (SSSR count). The molecule has 0 saturated carbocycles. The Labute approximate surface area is 279 Å². The molecule has 0 aliphatic carbocycles. The van der Waals surface area contributed by atoms with Crippen LogP contribution in [0.5, 0.6) is 0 Å². The van der Waals surface area contributed by atoms with E-state index in [1.54, 1.807) is 0 Å². The van der Waals surface area contributed by atoms with Crippen LogP contribution in [0.4, 0.5) is 0 Å². The Morgan fingerprint density at radius 3 is 1.72 bits per heavy atom. The first-order valence-electron chi connectivity index (χ1n) is 17.6. The molecule has 0 aromatic rings. The van der Waals surface area contributed by atoms with Gasteiger partial charge < -0.3 is 64.2 Å². The van der Waals surface area contributed by atoms with Crippen LogP contribution in [0.15, 0.2) is 0 Å². The van der Waals surface area contributed by atoms with Gasteiger partial charge in [-0.25, -0.2) is 0 Å². The maximum Gasteiger partial charge on any atom is 0.306 e. The summed E-state index contributed by atoms with van der Waals surface area (Å²) in [4.78, 5) is 12.7. The molecule has 11 atom stereocenters. The van der Waals surface area contributed by atoms with Gasteiger partial charge in [0, 0.05) is 13.0 Å². The van der Waals surface area contributed by atoms with Crippen molar-refractivity contribution in [3.63, 3.8) is 0 Å². The van der Waals surface area contributed by atoms with Gasteiger partial charge in [-0.05, 0) is 12.8 Å². The zero-order valence-electron chi connectivity index (χ0n) is 28.3. The van der Waals surface area contributed by atoms with Crippen LogP contribution < -0.4 is 0 Å². The molecule has 278 valence electrons. The van der Waals surface area contributed by atoms with Crippen LogP contribution in [0, 0.1) is 0 Å². The molecule has 0 aromatic heterocycles. The highest BCUT2D eigenvalue weighted by molar-refractivity contribution is 5.69. The minimum atomic E-state index is -1.69. The van der Waals surface area contributed by atoms with Crippen LogP contribution in [-0.2, 0) is 33.2 Å². The second-order valence-corrected chi connectivity index (χ2v) is 12.7. The predicted octanol–water partition coefficient (Wildman–Crippen LogP) is 1.06. The summed E-state index contributed by atoms with van der Waals surface area (Å²) in [5, 5.41) is 71.2. The van der Waals surface area contributed by atoms with Crippen molar-refractivity contribution >= 4 is 5.97 Å². The van der Waals surface area contributed by atoms with Crippen molar-refractivity contribution in [3.05, 3.63) is 0 Å². The van der Waals surface area contributed by atoms with Crippen LogP contribution in [0.25, 0.3) is 0 Å². The van der Waals surface area contributed by atoms with Crippen LogP contribution >= 0.6 is 0 Å². The van der Waals surface area contributed by atoms with Gasteiger partial charge >= 0.3 is 5.97 Å². The lowest BCUT2D eigenvalue weighted by Gasteiger charge is -2.42. The van der Waals surface area contributed by atoms with Crippen molar-refractivity contribution in [2.24, 2.45) is 0 Å². The Kier molecular flexibility index (Phi) is 21.7. The third-order valence-corrected chi connectivity index (χ3v) is 8.62. The molecule has 2 fully saturated rings. The number of rotatable bonds is 25. The summed E-state index contributed by atoms with van der Waals surface area (Å²) in [6.45, 7) is 3.54. The molecule has 0 radical (unpaired) electrons. The zero-order chi connectivity index (χ0) is 34.6. The topological polar surface area (TPSA) is 214 Å². The molecule has 14 nitrogen and oxygen atoms in total. The fourth-order valence-corrected chi connectivity index (χ4v) is 5.58. The summed E-state index contributed by atoms with van der Waals surface area (Å²) >= 11 is 0. The number of ether oxygens (including phenoxy) is 6. The summed E-state index contributed by atoms with van der Waals surface area (Å²) in [6.07, 6.45) is -1.82. The number of esters is 1. The highest BCUT2D eigenvalue weighted by Gasteiger charge is 2.47. The van der Waals surface area contributed by atoms with E-state index in [9.17, 15) is 40.5 Å². The Balaban J connectivity index is 1.91. The molecule has 47 heavy (non-hydrogen) atoms. The van der Waals surface area contributed by atoms with Crippen molar-refractivity contribution < 1.29 is 69.0 Å². The lowest BCUT2D eigenvalue weighted by molar-refractivity contribution is -0.332. The molecule has 0 aromatic carbocycles. The van der Waals surface area contributed by atoms with Gasteiger partial charge in [-0.15, -0.1) is 0 Å². The quantitative estimate of drug-likeness (QED) is 0.0530. The summed E-state index contributed by atoms with van der Waals surface area (Å²) in [5.74, 6) is -0.387. The molecule has 0 bridgehead atoms. The highest BCUT2D eigenvalue weighted by atomic mass is 16.7. The van der Waals surface area contributed by atoms with E-state index in [-0.39, 0.29) is 25.6 Å². The lowest BCUT2D eigenvalue weighted by atomic mass is 9.98. The van der Waals surface area contributed by atoms with E-state index < -0.39 is 80.7 Å². The van der Waals surface area contributed by atoms with Gasteiger partial charge in [0.2, 0.25) is 0 Å². The molecule has 2 heterocycles. The maximum atomic E-state index is 12.7. The first-order valence-corrected chi connectivity index (χ1v) is 17.6. The third-order valence-electron chi connectivity index (χ3n) is 8.62. The van der Waals surface area contributed by atoms with Gasteiger partial charge in [0.1, 0.15) is 54.9 Å². The number of hydrogen-bond acceptors (Lipinski definition) is 14. The summed E-state index contributed by atoms with van der Waals surface area (Å²) in [5.41, 5.74) is 0. The van der Waals surface area contributed by atoms with Crippen LogP contribution in [0.3, 0.4) is 0 Å².